The van der Waals surface area contributed by atoms with Crippen molar-refractivity contribution in [2.24, 2.45) is 0 Å². The van der Waals surface area contributed by atoms with E-state index >= 15 is 0 Å². The Balaban J connectivity index is 2.37. The van der Waals surface area contributed by atoms with Gasteiger partial charge >= 0.3 is 0 Å². The van der Waals surface area contributed by atoms with E-state index in [2.05, 4.69) is 19.2 Å². The molecule has 0 saturated carbocycles. The molecule has 0 aromatic carbocycles. The van der Waals surface area contributed by atoms with Crippen molar-refractivity contribution in [3.05, 3.63) is 24.2 Å². The zero-order chi connectivity index (χ0) is 12.5. The predicted octanol–water partition coefficient (Wildman–Crippen LogP) is 3.01. The van der Waals surface area contributed by atoms with Gasteiger partial charge in [-0.15, -0.1) is 0 Å². The number of nitrogens with one attached hydrogen (secondary N) is 1. The molecule has 2 atom stereocenters. The number of furan rings is 1. The van der Waals surface area contributed by atoms with E-state index in [1.165, 1.54) is 0 Å². The van der Waals surface area contributed by atoms with Crippen LogP contribution in [-0.2, 0) is 11.2 Å². The van der Waals surface area contributed by atoms with Crippen LogP contribution in [0.5, 0.6) is 0 Å². The molecule has 1 aromatic rings. The van der Waals surface area contributed by atoms with Crippen LogP contribution in [0.25, 0.3) is 0 Å². The standard InChI is InChI=1S/C14H25NO2/c1-4-9-15-13(8-7-12(2)16-3)11-14-6-5-10-17-14/h5-6,10,12-13,15H,4,7-9,11H2,1-3H3. The molecule has 1 aromatic heterocycles. The van der Waals surface area contributed by atoms with Gasteiger partial charge in [-0.1, -0.05) is 6.92 Å². The SMILES string of the molecule is CCCNC(CCC(C)OC)Cc1ccco1. The maximum absolute atomic E-state index is 5.41. The normalized spacial score (nSPS) is 14.8. The van der Waals surface area contributed by atoms with Crippen molar-refractivity contribution in [1.29, 1.82) is 0 Å². The van der Waals surface area contributed by atoms with E-state index in [4.69, 9.17) is 9.15 Å². The van der Waals surface area contributed by atoms with Gasteiger partial charge in [0, 0.05) is 19.6 Å². The first-order valence-electron chi connectivity index (χ1n) is 6.54. The first-order valence-corrected chi connectivity index (χ1v) is 6.54. The van der Waals surface area contributed by atoms with Crippen LogP contribution in [0.15, 0.2) is 22.8 Å². The molecule has 1 rings (SSSR count). The molecule has 0 spiro atoms. The molecule has 0 aliphatic carbocycles. The van der Waals surface area contributed by atoms with Gasteiger partial charge in [0.1, 0.15) is 5.76 Å². The summed E-state index contributed by atoms with van der Waals surface area (Å²) in [5.41, 5.74) is 0. The Labute approximate surface area is 105 Å². The predicted molar refractivity (Wildman–Crippen MR) is 70.2 cm³/mol. The summed E-state index contributed by atoms with van der Waals surface area (Å²) in [5, 5.41) is 3.57. The highest BCUT2D eigenvalue weighted by Gasteiger charge is 2.12. The van der Waals surface area contributed by atoms with E-state index in [1.54, 1.807) is 13.4 Å². The molecule has 3 heteroatoms. The summed E-state index contributed by atoms with van der Waals surface area (Å²) in [4.78, 5) is 0. The first kappa shape index (κ1) is 14.3. The van der Waals surface area contributed by atoms with Crippen molar-refractivity contribution < 1.29 is 9.15 Å². The lowest BCUT2D eigenvalue weighted by Crippen LogP contribution is -2.32. The third kappa shape index (κ3) is 5.89. The van der Waals surface area contributed by atoms with E-state index in [0.717, 1.165) is 38.0 Å². The fraction of sp³-hybridized carbons (Fsp3) is 0.714. The zero-order valence-corrected chi connectivity index (χ0v) is 11.2. The summed E-state index contributed by atoms with van der Waals surface area (Å²) >= 11 is 0. The van der Waals surface area contributed by atoms with Gasteiger partial charge in [0.15, 0.2) is 0 Å². The lowest BCUT2D eigenvalue weighted by molar-refractivity contribution is 0.106. The van der Waals surface area contributed by atoms with E-state index in [9.17, 15) is 0 Å². The molecule has 98 valence electrons. The van der Waals surface area contributed by atoms with E-state index in [1.807, 2.05) is 12.1 Å². The second-order valence-electron chi connectivity index (χ2n) is 4.56. The Morgan fingerprint density at radius 2 is 2.24 bits per heavy atom. The Kier molecular flexibility index (Phi) is 6.97. The van der Waals surface area contributed by atoms with Gasteiger partial charge < -0.3 is 14.5 Å². The average Bonchev–Trinajstić information content (AvgIpc) is 2.84. The lowest BCUT2D eigenvalue weighted by atomic mass is 10.0. The van der Waals surface area contributed by atoms with Crippen molar-refractivity contribution in [3.63, 3.8) is 0 Å². The summed E-state index contributed by atoms with van der Waals surface area (Å²) in [6.07, 6.45) is 6.40. The molecule has 0 fully saturated rings. The Morgan fingerprint density at radius 1 is 1.41 bits per heavy atom. The molecule has 0 bridgehead atoms. The van der Waals surface area contributed by atoms with Crippen LogP contribution in [0.1, 0.15) is 38.9 Å². The van der Waals surface area contributed by atoms with Gasteiger partial charge in [0.2, 0.25) is 0 Å². The molecule has 3 nitrogen and oxygen atoms in total. The highest BCUT2D eigenvalue weighted by Crippen LogP contribution is 2.11. The van der Waals surface area contributed by atoms with Gasteiger partial charge in [-0.25, -0.2) is 0 Å². The smallest absolute Gasteiger partial charge is 0.105 e. The molecular weight excluding hydrogens is 214 g/mol. The van der Waals surface area contributed by atoms with Crippen LogP contribution in [0.4, 0.5) is 0 Å². The zero-order valence-electron chi connectivity index (χ0n) is 11.2. The highest BCUT2D eigenvalue weighted by molar-refractivity contribution is 5.00. The largest absolute Gasteiger partial charge is 0.469 e. The Bertz CT molecular complexity index is 272. The molecule has 0 radical (unpaired) electrons. The second kappa shape index (κ2) is 8.31. The topological polar surface area (TPSA) is 34.4 Å². The van der Waals surface area contributed by atoms with Crippen molar-refractivity contribution in [2.45, 2.75) is 51.7 Å². The number of hydrogen-bond donors (Lipinski definition) is 1. The molecule has 17 heavy (non-hydrogen) atoms. The maximum Gasteiger partial charge on any atom is 0.105 e. The minimum atomic E-state index is 0.331. The maximum atomic E-state index is 5.41. The summed E-state index contributed by atoms with van der Waals surface area (Å²) in [7, 11) is 1.77. The Hall–Kier alpha value is -0.800. The number of rotatable bonds is 9. The molecule has 2 unspecified atom stereocenters. The first-order chi connectivity index (χ1) is 8.26. The monoisotopic (exact) mass is 239 g/mol. The molecule has 0 saturated heterocycles. The van der Waals surface area contributed by atoms with E-state index in [0.29, 0.717) is 12.1 Å². The number of ether oxygens (including phenoxy) is 1. The molecule has 1 N–H and O–H groups in total. The summed E-state index contributed by atoms with van der Waals surface area (Å²) in [6, 6.07) is 4.48. The average molecular weight is 239 g/mol. The molecule has 0 aliphatic heterocycles. The third-order valence-corrected chi connectivity index (χ3v) is 3.03. The van der Waals surface area contributed by atoms with Crippen molar-refractivity contribution in [2.75, 3.05) is 13.7 Å². The number of methoxy groups -OCH3 is 1. The minimum Gasteiger partial charge on any atom is -0.469 e. The van der Waals surface area contributed by atoms with Gasteiger partial charge in [0.25, 0.3) is 0 Å². The molecule has 0 aliphatic rings. The van der Waals surface area contributed by atoms with Gasteiger partial charge in [-0.3, -0.25) is 0 Å². The van der Waals surface area contributed by atoms with Crippen LogP contribution in [0.2, 0.25) is 0 Å². The van der Waals surface area contributed by atoms with Crippen molar-refractivity contribution in [3.8, 4) is 0 Å². The summed E-state index contributed by atoms with van der Waals surface area (Å²) in [5.74, 6) is 1.06. The summed E-state index contributed by atoms with van der Waals surface area (Å²) in [6.45, 7) is 5.37. The third-order valence-electron chi connectivity index (χ3n) is 3.03. The molecule has 1 heterocycles. The van der Waals surface area contributed by atoms with Crippen molar-refractivity contribution in [1.82, 2.24) is 5.32 Å². The van der Waals surface area contributed by atoms with Crippen LogP contribution in [-0.4, -0.2) is 25.8 Å². The highest BCUT2D eigenvalue weighted by atomic mass is 16.5. The van der Waals surface area contributed by atoms with Crippen LogP contribution in [0, 0.1) is 0 Å². The van der Waals surface area contributed by atoms with Crippen LogP contribution in [0.3, 0.4) is 0 Å². The minimum absolute atomic E-state index is 0.331. The van der Waals surface area contributed by atoms with Crippen molar-refractivity contribution >= 4 is 0 Å². The number of hydrogen-bond acceptors (Lipinski definition) is 3. The fourth-order valence-electron chi connectivity index (χ4n) is 1.85. The quantitative estimate of drug-likeness (QED) is 0.719. The second-order valence-corrected chi connectivity index (χ2v) is 4.56. The fourth-order valence-corrected chi connectivity index (χ4v) is 1.85. The van der Waals surface area contributed by atoms with Gasteiger partial charge in [-0.2, -0.15) is 0 Å². The lowest BCUT2D eigenvalue weighted by Gasteiger charge is -2.19. The van der Waals surface area contributed by atoms with Gasteiger partial charge in [-0.05, 0) is 44.9 Å². The van der Waals surface area contributed by atoms with E-state index < -0.39 is 0 Å². The molecular formula is C14H25NO2. The van der Waals surface area contributed by atoms with Gasteiger partial charge in [0.05, 0.1) is 12.4 Å². The molecule has 0 amide bonds. The summed E-state index contributed by atoms with van der Waals surface area (Å²) < 4.78 is 10.7. The van der Waals surface area contributed by atoms with Crippen LogP contribution < -0.4 is 5.32 Å². The Morgan fingerprint density at radius 3 is 2.82 bits per heavy atom. The van der Waals surface area contributed by atoms with E-state index in [-0.39, 0.29) is 0 Å². The van der Waals surface area contributed by atoms with Crippen LogP contribution >= 0.6 is 0 Å².